The fraction of sp³-hybridized carbons (Fsp3) is 0.400. The molecule has 0 aliphatic carbocycles. The Balaban J connectivity index is 1.73. The van der Waals surface area contributed by atoms with E-state index >= 15 is 0 Å². The first kappa shape index (κ1) is 12.4. The molecule has 2 aromatic rings. The fourth-order valence-electron chi connectivity index (χ4n) is 2.68. The van der Waals surface area contributed by atoms with Gasteiger partial charge in [0.05, 0.1) is 5.39 Å². The van der Waals surface area contributed by atoms with Crippen molar-refractivity contribution in [2.45, 2.75) is 12.8 Å². The number of nitrogens with one attached hydrogen (secondary N) is 2. The summed E-state index contributed by atoms with van der Waals surface area (Å²) in [5, 5.41) is 8.11. The van der Waals surface area contributed by atoms with E-state index in [1.54, 1.807) is 12.3 Å². The number of fused-ring (bicyclic) bond motifs is 1. The summed E-state index contributed by atoms with van der Waals surface area (Å²) >= 11 is 0. The third-order valence-electron chi connectivity index (χ3n) is 3.75. The maximum Gasteiger partial charge on any atom is 0.136 e. The van der Waals surface area contributed by atoms with Crippen molar-refractivity contribution in [3.05, 3.63) is 36.3 Å². The molecule has 0 bridgehead atoms. The van der Waals surface area contributed by atoms with Gasteiger partial charge in [-0.2, -0.15) is 0 Å². The van der Waals surface area contributed by atoms with Gasteiger partial charge in [-0.05, 0) is 49.4 Å². The lowest BCUT2D eigenvalue weighted by Gasteiger charge is -2.11. The van der Waals surface area contributed by atoms with Crippen LogP contribution in [0, 0.1) is 11.7 Å². The molecule has 0 amide bonds. The van der Waals surface area contributed by atoms with E-state index in [1.165, 1.54) is 12.5 Å². The lowest BCUT2D eigenvalue weighted by molar-refractivity contribution is 0.549. The van der Waals surface area contributed by atoms with Crippen LogP contribution in [0.1, 0.15) is 12.8 Å². The largest absolute Gasteiger partial charge is 0.369 e. The van der Waals surface area contributed by atoms with E-state index in [0.717, 1.165) is 37.4 Å². The Bertz CT molecular complexity index is 559. The molecule has 0 saturated carbocycles. The van der Waals surface area contributed by atoms with Gasteiger partial charge in [0.25, 0.3) is 0 Å². The fourth-order valence-corrected chi connectivity index (χ4v) is 2.68. The Kier molecular flexibility index (Phi) is 3.60. The minimum atomic E-state index is -0.212. The van der Waals surface area contributed by atoms with Crippen molar-refractivity contribution in [3.63, 3.8) is 0 Å². The van der Waals surface area contributed by atoms with E-state index in [-0.39, 0.29) is 5.82 Å². The van der Waals surface area contributed by atoms with E-state index in [9.17, 15) is 4.39 Å². The first-order valence-electron chi connectivity index (χ1n) is 6.82. The molecule has 4 heteroatoms. The summed E-state index contributed by atoms with van der Waals surface area (Å²) in [7, 11) is 0. The van der Waals surface area contributed by atoms with Crippen molar-refractivity contribution in [2.24, 2.45) is 5.92 Å². The average Bonchev–Trinajstić information content (AvgIpc) is 2.92. The summed E-state index contributed by atoms with van der Waals surface area (Å²) in [6.45, 7) is 3.05. The summed E-state index contributed by atoms with van der Waals surface area (Å²) in [5.74, 6) is 1.17. The average molecular weight is 259 g/mol. The number of rotatable bonds is 4. The Morgan fingerprint density at radius 1 is 1.37 bits per heavy atom. The Morgan fingerprint density at radius 2 is 2.32 bits per heavy atom. The lowest BCUT2D eigenvalue weighted by Crippen LogP contribution is -2.13. The summed E-state index contributed by atoms with van der Waals surface area (Å²) in [4.78, 5) is 4.27. The van der Waals surface area contributed by atoms with Gasteiger partial charge >= 0.3 is 0 Å². The first-order valence-corrected chi connectivity index (χ1v) is 6.82. The molecule has 1 atom stereocenters. The van der Waals surface area contributed by atoms with Crippen molar-refractivity contribution < 1.29 is 4.39 Å². The zero-order valence-corrected chi connectivity index (χ0v) is 10.8. The molecule has 2 heterocycles. The van der Waals surface area contributed by atoms with E-state index in [2.05, 4.69) is 15.6 Å². The van der Waals surface area contributed by atoms with Crippen molar-refractivity contribution >= 4 is 16.6 Å². The Morgan fingerprint density at radius 3 is 3.16 bits per heavy atom. The number of halogens is 1. The highest BCUT2D eigenvalue weighted by atomic mass is 19.1. The maximum atomic E-state index is 13.9. The maximum absolute atomic E-state index is 13.9. The van der Waals surface area contributed by atoms with Crippen LogP contribution in [-0.4, -0.2) is 24.6 Å². The van der Waals surface area contributed by atoms with Gasteiger partial charge in [0, 0.05) is 12.7 Å². The van der Waals surface area contributed by atoms with Crippen LogP contribution in [0.25, 0.3) is 10.8 Å². The summed E-state index contributed by atoms with van der Waals surface area (Å²) < 4.78 is 13.9. The summed E-state index contributed by atoms with van der Waals surface area (Å²) in [6.07, 6.45) is 4.06. The second kappa shape index (κ2) is 5.53. The van der Waals surface area contributed by atoms with Crippen molar-refractivity contribution in [3.8, 4) is 0 Å². The highest BCUT2D eigenvalue weighted by Crippen LogP contribution is 2.24. The SMILES string of the molecule is Fc1cccc2ccnc(NCCC3CCNC3)c12. The van der Waals surface area contributed by atoms with E-state index in [0.29, 0.717) is 11.2 Å². The summed E-state index contributed by atoms with van der Waals surface area (Å²) in [6, 6.07) is 6.96. The van der Waals surface area contributed by atoms with Gasteiger partial charge in [0.15, 0.2) is 0 Å². The van der Waals surface area contributed by atoms with Crippen LogP contribution >= 0.6 is 0 Å². The number of anilines is 1. The highest BCUT2D eigenvalue weighted by molar-refractivity contribution is 5.92. The minimum absolute atomic E-state index is 0.212. The molecule has 0 radical (unpaired) electrons. The smallest absolute Gasteiger partial charge is 0.136 e. The Hall–Kier alpha value is -1.68. The summed E-state index contributed by atoms with van der Waals surface area (Å²) in [5.41, 5.74) is 0. The minimum Gasteiger partial charge on any atom is -0.369 e. The predicted molar refractivity (Wildman–Crippen MR) is 75.8 cm³/mol. The number of pyridine rings is 1. The van der Waals surface area contributed by atoms with Gasteiger partial charge in [0.1, 0.15) is 11.6 Å². The number of benzene rings is 1. The third-order valence-corrected chi connectivity index (χ3v) is 3.75. The molecule has 2 N–H and O–H groups in total. The van der Waals surface area contributed by atoms with Gasteiger partial charge in [-0.25, -0.2) is 9.37 Å². The topological polar surface area (TPSA) is 37.0 Å². The van der Waals surface area contributed by atoms with E-state index in [4.69, 9.17) is 0 Å². The molecular weight excluding hydrogens is 241 g/mol. The monoisotopic (exact) mass is 259 g/mol. The zero-order valence-electron chi connectivity index (χ0n) is 10.8. The second-order valence-corrected chi connectivity index (χ2v) is 5.07. The number of hydrogen-bond acceptors (Lipinski definition) is 3. The quantitative estimate of drug-likeness (QED) is 0.886. The van der Waals surface area contributed by atoms with Crippen molar-refractivity contribution in [1.29, 1.82) is 0 Å². The van der Waals surface area contributed by atoms with Gasteiger partial charge < -0.3 is 10.6 Å². The van der Waals surface area contributed by atoms with Crippen LogP contribution in [-0.2, 0) is 0 Å². The normalized spacial score (nSPS) is 18.9. The molecule has 3 rings (SSSR count). The number of nitrogens with zero attached hydrogens (tertiary/aromatic N) is 1. The van der Waals surface area contributed by atoms with Gasteiger partial charge in [-0.15, -0.1) is 0 Å². The molecule has 19 heavy (non-hydrogen) atoms. The first-order chi connectivity index (χ1) is 9.34. The molecule has 1 unspecified atom stereocenters. The molecule has 1 fully saturated rings. The number of aromatic nitrogens is 1. The molecule has 1 aromatic carbocycles. The zero-order chi connectivity index (χ0) is 13.1. The Labute approximate surface area is 112 Å². The van der Waals surface area contributed by atoms with Crippen molar-refractivity contribution in [1.82, 2.24) is 10.3 Å². The molecule has 1 aliphatic rings. The molecule has 1 aliphatic heterocycles. The predicted octanol–water partition coefficient (Wildman–Crippen LogP) is 2.79. The van der Waals surface area contributed by atoms with Crippen LogP contribution in [0.4, 0.5) is 10.2 Å². The van der Waals surface area contributed by atoms with Gasteiger partial charge in [0.2, 0.25) is 0 Å². The lowest BCUT2D eigenvalue weighted by atomic mass is 10.1. The third kappa shape index (κ3) is 2.68. The van der Waals surface area contributed by atoms with Crippen LogP contribution in [0.3, 0.4) is 0 Å². The van der Waals surface area contributed by atoms with Crippen LogP contribution in [0.15, 0.2) is 30.5 Å². The molecule has 0 spiro atoms. The van der Waals surface area contributed by atoms with Crippen LogP contribution in [0.5, 0.6) is 0 Å². The van der Waals surface area contributed by atoms with Crippen molar-refractivity contribution in [2.75, 3.05) is 25.0 Å². The van der Waals surface area contributed by atoms with Gasteiger partial charge in [-0.3, -0.25) is 0 Å². The number of hydrogen-bond donors (Lipinski definition) is 2. The molecular formula is C15H18FN3. The highest BCUT2D eigenvalue weighted by Gasteiger charge is 2.14. The molecule has 1 saturated heterocycles. The second-order valence-electron chi connectivity index (χ2n) is 5.07. The van der Waals surface area contributed by atoms with Gasteiger partial charge in [-0.1, -0.05) is 12.1 Å². The van der Waals surface area contributed by atoms with Crippen LogP contribution in [0.2, 0.25) is 0 Å². The molecule has 3 nitrogen and oxygen atoms in total. The van der Waals surface area contributed by atoms with E-state index < -0.39 is 0 Å². The standard InChI is InChI=1S/C15H18FN3/c16-13-3-1-2-12-6-9-19-15(14(12)13)18-8-5-11-4-7-17-10-11/h1-3,6,9,11,17H,4-5,7-8,10H2,(H,18,19). The molecule has 100 valence electrons. The molecule has 1 aromatic heterocycles. The van der Waals surface area contributed by atoms with Crippen LogP contribution < -0.4 is 10.6 Å². The van der Waals surface area contributed by atoms with E-state index in [1.807, 2.05) is 12.1 Å².